The quantitative estimate of drug-likeness (QED) is 0.246. The molecule has 214 valence electrons. The Hall–Kier alpha value is -3.85. The van der Waals surface area contributed by atoms with E-state index in [4.69, 9.17) is 4.42 Å². The molecule has 0 unspecified atom stereocenters. The normalized spacial score (nSPS) is 22.0. The van der Waals surface area contributed by atoms with E-state index in [1.54, 1.807) is 42.6 Å². The Bertz CT molecular complexity index is 1440. The number of amides is 2. The first-order valence-electron chi connectivity index (χ1n) is 14.1. The van der Waals surface area contributed by atoms with Crippen LogP contribution in [0, 0.1) is 23.7 Å². The standard InChI is InChI=1S/C33H36N2O6/c1-20(2)25-17-26-31(33(40)35(32(26)39)22-8-4-3-5-9-22)27(19-37)30(25)29(38)14-11-21(28-10-6-7-15-34-28)16-23-12-13-24(18-36)41-23/h3-10,12-13,15-16,20,26-27,29,31,36-38H,11,14,17-19H2,1-2H3/b21-16-/t26-,27+,29-,31-/m1/s1. The summed E-state index contributed by atoms with van der Waals surface area (Å²) in [5, 5.41) is 31.7. The van der Waals surface area contributed by atoms with Gasteiger partial charge in [-0.05, 0) is 78.8 Å². The van der Waals surface area contributed by atoms with Gasteiger partial charge in [0.25, 0.3) is 0 Å². The number of pyridine rings is 1. The zero-order chi connectivity index (χ0) is 29.1. The monoisotopic (exact) mass is 556 g/mol. The van der Waals surface area contributed by atoms with Crippen molar-refractivity contribution in [3.63, 3.8) is 0 Å². The number of imide groups is 1. The smallest absolute Gasteiger partial charge is 0.238 e. The van der Waals surface area contributed by atoms with Crippen LogP contribution in [0.1, 0.15) is 50.3 Å². The topological polar surface area (TPSA) is 124 Å². The van der Waals surface area contributed by atoms with E-state index < -0.39 is 23.9 Å². The van der Waals surface area contributed by atoms with Crippen molar-refractivity contribution >= 4 is 29.2 Å². The molecule has 2 amide bonds. The largest absolute Gasteiger partial charge is 0.459 e. The van der Waals surface area contributed by atoms with E-state index in [2.05, 4.69) is 4.98 Å². The summed E-state index contributed by atoms with van der Waals surface area (Å²) in [6, 6.07) is 18.0. The average molecular weight is 557 g/mol. The molecule has 5 rings (SSSR count). The van der Waals surface area contributed by atoms with Crippen molar-refractivity contribution in [1.82, 2.24) is 4.98 Å². The van der Waals surface area contributed by atoms with Gasteiger partial charge in [0.1, 0.15) is 18.1 Å². The molecule has 1 fully saturated rings. The Labute approximate surface area is 239 Å². The molecule has 0 radical (unpaired) electrons. The van der Waals surface area contributed by atoms with Crippen LogP contribution in [-0.2, 0) is 16.2 Å². The number of hydrogen-bond acceptors (Lipinski definition) is 7. The molecule has 0 bridgehead atoms. The van der Waals surface area contributed by atoms with E-state index in [0.29, 0.717) is 42.0 Å². The fourth-order valence-corrected chi connectivity index (χ4v) is 6.28. The van der Waals surface area contributed by atoms with E-state index in [1.165, 1.54) is 4.90 Å². The highest BCUT2D eigenvalue weighted by molar-refractivity contribution is 6.22. The van der Waals surface area contributed by atoms with Crippen molar-refractivity contribution in [3.8, 4) is 0 Å². The molecule has 0 spiro atoms. The van der Waals surface area contributed by atoms with Gasteiger partial charge in [-0.3, -0.25) is 19.5 Å². The molecule has 3 N–H and O–H groups in total. The van der Waals surface area contributed by atoms with Crippen LogP contribution >= 0.6 is 0 Å². The average Bonchev–Trinajstić information content (AvgIpc) is 3.56. The summed E-state index contributed by atoms with van der Waals surface area (Å²) in [5.74, 6) is -1.51. The Morgan fingerprint density at radius 2 is 1.80 bits per heavy atom. The van der Waals surface area contributed by atoms with Crippen LogP contribution < -0.4 is 4.90 Å². The SMILES string of the molecule is CC(C)C1=C([C@H](O)CC/C(=C/c2ccc(CO)o2)c2ccccn2)[C@H](CO)[C@@H]2C(=O)N(c3ccccc3)C(=O)[C@@H]2C1. The second-order valence-electron chi connectivity index (χ2n) is 11.0. The third-order valence-corrected chi connectivity index (χ3v) is 8.22. The molecule has 8 heteroatoms. The number of carbonyl (C=O) groups excluding carboxylic acids is 2. The number of furan rings is 1. The van der Waals surface area contributed by atoms with Gasteiger partial charge in [-0.25, -0.2) is 0 Å². The third kappa shape index (κ3) is 5.68. The van der Waals surface area contributed by atoms with Gasteiger partial charge >= 0.3 is 0 Å². The first-order valence-corrected chi connectivity index (χ1v) is 14.1. The lowest BCUT2D eigenvalue weighted by Gasteiger charge is -2.38. The number of nitrogens with zero attached hydrogens (tertiary/aromatic N) is 2. The van der Waals surface area contributed by atoms with Crippen molar-refractivity contribution in [2.75, 3.05) is 11.5 Å². The van der Waals surface area contributed by atoms with Gasteiger partial charge in [-0.2, -0.15) is 0 Å². The number of aliphatic hydroxyl groups excluding tert-OH is 3. The van der Waals surface area contributed by atoms with E-state index in [1.807, 2.05) is 44.2 Å². The van der Waals surface area contributed by atoms with Crippen molar-refractivity contribution in [2.45, 2.75) is 45.8 Å². The van der Waals surface area contributed by atoms with Crippen molar-refractivity contribution in [2.24, 2.45) is 23.7 Å². The first-order chi connectivity index (χ1) is 19.8. The van der Waals surface area contributed by atoms with Crippen molar-refractivity contribution < 1.29 is 29.3 Å². The second kappa shape index (κ2) is 12.3. The fourth-order valence-electron chi connectivity index (χ4n) is 6.28. The molecule has 3 aromatic rings. The Balaban J connectivity index is 1.45. The molecular formula is C33H36N2O6. The summed E-state index contributed by atoms with van der Waals surface area (Å²) in [5.41, 5.74) is 3.69. The highest BCUT2D eigenvalue weighted by Crippen LogP contribution is 2.48. The molecule has 1 saturated heterocycles. The van der Waals surface area contributed by atoms with Crippen LogP contribution in [0.2, 0.25) is 0 Å². The lowest BCUT2D eigenvalue weighted by atomic mass is 9.66. The number of aromatic nitrogens is 1. The fraction of sp³-hybridized carbons (Fsp3) is 0.364. The van der Waals surface area contributed by atoms with Gasteiger partial charge in [0.2, 0.25) is 11.8 Å². The number of carbonyl (C=O) groups is 2. The number of fused-ring (bicyclic) bond motifs is 1. The maximum Gasteiger partial charge on any atom is 0.238 e. The number of benzene rings is 1. The number of aliphatic hydroxyl groups is 3. The molecule has 2 aromatic heterocycles. The first kappa shape index (κ1) is 28.7. The van der Waals surface area contributed by atoms with Crippen molar-refractivity contribution in [1.29, 1.82) is 0 Å². The second-order valence-corrected chi connectivity index (χ2v) is 11.0. The molecule has 1 aromatic carbocycles. The maximum atomic E-state index is 13.7. The highest BCUT2D eigenvalue weighted by Gasteiger charge is 2.55. The lowest BCUT2D eigenvalue weighted by molar-refractivity contribution is -0.123. The molecule has 2 aliphatic rings. The van der Waals surface area contributed by atoms with Gasteiger partial charge in [0, 0.05) is 12.1 Å². The summed E-state index contributed by atoms with van der Waals surface area (Å²) in [7, 11) is 0. The predicted molar refractivity (Wildman–Crippen MR) is 155 cm³/mol. The van der Waals surface area contributed by atoms with Gasteiger partial charge < -0.3 is 19.7 Å². The summed E-state index contributed by atoms with van der Waals surface area (Å²) >= 11 is 0. The van der Waals surface area contributed by atoms with E-state index in [9.17, 15) is 24.9 Å². The summed E-state index contributed by atoms with van der Waals surface area (Å²) in [4.78, 5) is 32.9. The molecule has 1 aliphatic heterocycles. The van der Waals surface area contributed by atoms with E-state index >= 15 is 0 Å². The zero-order valence-electron chi connectivity index (χ0n) is 23.3. The minimum Gasteiger partial charge on any atom is -0.459 e. The van der Waals surface area contributed by atoms with Gasteiger partial charge in [0.15, 0.2) is 0 Å². The zero-order valence-corrected chi connectivity index (χ0v) is 23.3. The molecule has 4 atom stereocenters. The highest BCUT2D eigenvalue weighted by atomic mass is 16.4. The summed E-state index contributed by atoms with van der Waals surface area (Å²) in [6.45, 7) is 3.49. The van der Waals surface area contributed by atoms with Crippen LogP contribution in [0.3, 0.4) is 0 Å². The predicted octanol–water partition coefficient (Wildman–Crippen LogP) is 4.62. The van der Waals surface area contributed by atoms with Crippen LogP contribution in [0.5, 0.6) is 0 Å². The third-order valence-electron chi connectivity index (χ3n) is 8.22. The van der Waals surface area contributed by atoms with Crippen LogP contribution in [0.25, 0.3) is 11.6 Å². The molecule has 3 heterocycles. The minimum atomic E-state index is -0.934. The summed E-state index contributed by atoms with van der Waals surface area (Å²) < 4.78 is 5.67. The number of anilines is 1. The Morgan fingerprint density at radius 1 is 1.05 bits per heavy atom. The minimum absolute atomic E-state index is 0.0224. The van der Waals surface area contributed by atoms with Crippen molar-refractivity contribution in [3.05, 3.63) is 95.2 Å². The number of rotatable bonds is 10. The van der Waals surface area contributed by atoms with Gasteiger partial charge in [-0.15, -0.1) is 0 Å². The maximum absolute atomic E-state index is 13.7. The molecule has 8 nitrogen and oxygen atoms in total. The molecular weight excluding hydrogens is 520 g/mol. The Morgan fingerprint density at radius 3 is 2.44 bits per heavy atom. The molecule has 41 heavy (non-hydrogen) atoms. The van der Waals surface area contributed by atoms with Crippen LogP contribution in [0.4, 0.5) is 5.69 Å². The Kier molecular flexibility index (Phi) is 8.63. The molecule has 0 saturated carbocycles. The van der Waals surface area contributed by atoms with Gasteiger partial charge in [-0.1, -0.05) is 43.7 Å². The number of hydrogen-bond donors (Lipinski definition) is 3. The number of allylic oxidation sites excluding steroid dienone is 2. The molecule has 1 aliphatic carbocycles. The van der Waals surface area contributed by atoms with Crippen LogP contribution in [0.15, 0.2) is 82.4 Å². The lowest BCUT2D eigenvalue weighted by Crippen LogP contribution is -2.39. The van der Waals surface area contributed by atoms with Gasteiger partial charge in [0.05, 0.1) is 35.9 Å². The summed E-state index contributed by atoms with van der Waals surface area (Å²) in [6.07, 6.45) is 3.75. The van der Waals surface area contributed by atoms with E-state index in [-0.39, 0.29) is 30.9 Å². The number of para-hydroxylation sites is 1. The van der Waals surface area contributed by atoms with E-state index in [0.717, 1.165) is 16.8 Å². The van der Waals surface area contributed by atoms with Crippen LogP contribution in [-0.4, -0.2) is 44.8 Å².